The number of phenolic OH excluding ortho intramolecular Hbond substituents is 1. The Bertz CT molecular complexity index is 310. The molecule has 0 radical (unpaired) electrons. The molecule has 2 nitrogen and oxygen atoms in total. The molecule has 2 atom stereocenters. The SMILES string of the molecule is NC(c1ccccc1O)C1CCSC1. The maximum Gasteiger partial charge on any atom is 0.120 e. The molecule has 76 valence electrons. The monoisotopic (exact) mass is 209 g/mol. The fraction of sp³-hybridized carbons (Fsp3) is 0.455. The van der Waals surface area contributed by atoms with Crippen molar-refractivity contribution in [2.75, 3.05) is 11.5 Å². The minimum Gasteiger partial charge on any atom is -0.508 e. The first-order valence-electron chi connectivity index (χ1n) is 4.90. The Morgan fingerprint density at radius 3 is 2.86 bits per heavy atom. The van der Waals surface area contributed by atoms with Gasteiger partial charge in [-0.3, -0.25) is 0 Å². The van der Waals surface area contributed by atoms with Crippen molar-refractivity contribution in [3.8, 4) is 5.75 Å². The maximum absolute atomic E-state index is 9.65. The lowest BCUT2D eigenvalue weighted by molar-refractivity contribution is 0.430. The molecule has 1 aliphatic heterocycles. The number of nitrogens with two attached hydrogens (primary N) is 1. The standard InChI is InChI=1S/C11H15NOS/c12-11(8-5-6-14-7-8)9-3-1-2-4-10(9)13/h1-4,8,11,13H,5-7,12H2. The van der Waals surface area contributed by atoms with Gasteiger partial charge in [0.25, 0.3) is 0 Å². The average Bonchev–Trinajstić information content (AvgIpc) is 2.70. The molecule has 14 heavy (non-hydrogen) atoms. The van der Waals surface area contributed by atoms with Crippen LogP contribution in [0.2, 0.25) is 0 Å². The van der Waals surface area contributed by atoms with E-state index in [0.717, 1.165) is 11.3 Å². The van der Waals surface area contributed by atoms with Crippen molar-refractivity contribution in [1.82, 2.24) is 0 Å². The third kappa shape index (κ3) is 1.88. The van der Waals surface area contributed by atoms with E-state index in [9.17, 15) is 5.11 Å². The zero-order valence-corrected chi connectivity index (χ0v) is 8.83. The van der Waals surface area contributed by atoms with Crippen molar-refractivity contribution in [2.45, 2.75) is 12.5 Å². The van der Waals surface area contributed by atoms with Crippen LogP contribution in [0.25, 0.3) is 0 Å². The lowest BCUT2D eigenvalue weighted by Crippen LogP contribution is -2.21. The summed E-state index contributed by atoms with van der Waals surface area (Å²) in [5, 5.41) is 9.65. The molecule has 0 spiro atoms. The van der Waals surface area contributed by atoms with E-state index in [1.165, 1.54) is 12.2 Å². The van der Waals surface area contributed by atoms with Crippen molar-refractivity contribution < 1.29 is 5.11 Å². The maximum atomic E-state index is 9.65. The Morgan fingerprint density at radius 2 is 2.21 bits per heavy atom. The molecule has 2 unspecified atom stereocenters. The van der Waals surface area contributed by atoms with Gasteiger partial charge in [0.1, 0.15) is 5.75 Å². The van der Waals surface area contributed by atoms with Crippen LogP contribution in [-0.2, 0) is 0 Å². The van der Waals surface area contributed by atoms with Crippen LogP contribution in [0.5, 0.6) is 5.75 Å². The lowest BCUT2D eigenvalue weighted by Gasteiger charge is -2.19. The molecule has 1 fully saturated rings. The number of rotatable bonds is 2. The molecule has 0 saturated carbocycles. The number of benzene rings is 1. The van der Waals surface area contributed by atoms with Gasteiger partial charge in [-0.15, -0.1) is 0 Å². The first kappa shape index (κ1) is 9.87. The highest BCUT2D eigenvalue weighted by Gasteiger charge is 2.25. The Labute approximate surface area is 88.5 Å². The highest BCUT2D eigenvalue weighted by atomic mass is 32.2. The number of para-hydroxylation sites is 1. The molecule has 0 bridgehead atoms. The van der Waals surface area contributed by atoms with E-state index < -0.39 is 0 Å². The van der Waals surface area contributed by atoms with Crippen LogP contribution in [0.15, 0.2) is 24.3 Å². The van der Waals surface area contributed by atoms with Crippen molar-refractivity contribution in [3.63, 3.8) is 0 Å². The highest BCUT2D eigenvalue weighted by molar-refractivity contribution is 7.99. The molecular weight excluding hydrogens is 194 g/mol. The molecule has 1 aliphatic rings. The molecule has 1 heterocycles. The summed E-state index contributed by atoms with van der Waals surface area (Å²) in [6.45, 7) is 0. The van der Waals surface area contributed by atoms with Crippen molar-refractivity contribution >= 4 is 11.8 Å². The van der Waals surface area contributed by atoms with Gasteiger partial charge in [0.2, 0.25) is 0 Å². The molecule has 1 aromatic carbocycles. The predicted molar refractivity (Wildman–Crippen MR) is 60.5 cm³/mol. The molecule has 0 amide bonds. The van der Waals surface area contributed by atoms with Gasteiger partial charge in [-0.05, 0) is 29.9 Å². The summed E-state index contributed by atoms with van der Waals surface area (Å²) in [7, 11) is 0. The van der Waals surface area contributed by atoms with E-state index in [1.54, 1.807) is 6.07 Å². The van der Waals surface area contributed by atoms with E-state index in [2.05, 4.69) is 0 Å². The van der Waals surface area contributed by atoms with Gasteiger partial charge in [0, 0.05) is 11.6 Å². The summed E-state index contributed by atoms with van der Waals surface area (Å²) in [6.07, 6.45) is 1.17. The second-order valence-corrected chi connectivity index (χ2v) is 4.86. The van der Waals surface area contributed by atoms with Gasteiger partial charge in [0.15, 0.2) is 0 Å². The molecular formula is C11H15NOS. The Kier molecular flexibility index (Phi) is 2.99. The minimum atomic E-state index is -0.00815. The zero-order valence-electron chi connectivity index (χ0n) is 8.02. The Morgan fingerprint density at radius 1 is 1.43 bits per heavy atom. The average molecular weight is 209 g/mol. The topological polar surface area (TPSA) is 46.2 Å². The second-order valence-electron chi connectivity index (χ2n) is 3.71. The third-order valence-electron chi connectivity index (χ3n) is 2.77. The fourth-order valence-corrected chi connectivity index (χ4v) is 3.17. The van der Waals surface area contributed by atoms with Crippen molar-refractivity contribution in [2.24, 2.45) is 11.7 Å². The summed E-state index contributed by atoms with van der Waals surface area (Å²) < 4.78 is 0. The number of hydrogen-bond donors (Lipinski definition) is 2. The van der Waals surface area contributed by atoms with Crippen LogP contribution in [0.1, 0.15) is 18.0 Å². The Hall–Kier alpha value is -0.670. The Balaban J connectivity index is 2.17. The van der Waals surface area contributed by atoms with Crippen LogP contribution >= 0.6 is 11.8 Å². The van der Waals surface area contributed by atoms with Gasteiger partial charge in [-0.1, -0.05) is 18.2 Å². The summed E-state index contributed by atoms with van der Waals surface area (Å²) >= 11 is 1.95. The van der Waals surface area contributed by atoms with Crippen LogP contribution in [-0.4, -0.2) is 16.6 Å². The first-order valence-corrected chi connectivity index (χ1v) is 6.05. The summed E-state index contributed by atoms with van der Waals surface area (Å²) in [6, 6.07) is 7.37. The zero-order chi connectivity index (χ0) is 9.97. The first-order chi connectivity index (χ1) is 6.79. The quantitative estimate of drug-likeness (QED) is 0.784. The smallest absolute Gasteiger partial charge is 0.120 e. The van der Waals surface area contributed by atoms with Crippen LogP contribution in [0.3, 0.4) is 0 Å². The molecule has 0 aromatic heterocycles. The number of aromatic hydroxyl groups is 1. The van der Waals surface area contributed by atoms with E-state index in [4.69, 9.17) is 5.73 Å². The molecule has 1 saturated heterocycles. The van der Waals surface area contributed by atoms with Gasteiger partial charge in [-0.25, -0.2) is 0 Å². The molecule has 1 aromatic rings. The van der Waals surface area contributed by atoms with Gasteiger partial charge in [-0.2, -0.15) is 11.8 Å². The highest BCUT2D eigenvalue weighted by Crippen LogP contribution is 2.35. The van der Waals surface area contributed by atoms with Gasteiger partial charge in [0.05, 0.1) is 0 Å². The fourth-order valence-electron chi connectivity index (χ4n) is 1.86. The minimum absolute atomic E-state index is 0.00815. The largest absolute Gasteiger partial charge is 0.508 e. The molecule has 3 heteroatoms. The van der Waals surface area contributed by atoms with Crippen molar-refractivity contribution in [3.05, 3.63) is 29.8 Å². The lowest BCUT2D eigenvalue weighted by atomic mass is 9.93. The number of thioether (sulfide) groups is 1. The van der Waals surface area contributed by atoms with Crippen LogP contribution in [0.4, 0.5) is 0 Å². The predicted octanol–water partition coefficient (Wildman–Crippen LogP) is 2.15. The van der Waals surface area contributed by atoms with Gasteiger partial charge >= 0.3 is 0 Å². The summed E-state index contributed by atoms with van der Waals surface area (Å²) in [4.78, 5) is 0. The third-order valence-corrected chi connectivity index (χ3v) is 3.96. The summed E-state index contributed by atoms with van der Waals surface area (Å²) in [5.41, 5.74) is 7.02. The number of phenols is 1. The van der Waals surface area contributed by atoms with Crippen molar-refractivity contribution in [1.29, 1.82) is 0 Å². The van der Waals surface area contributed by atoms with E-state index in [-0.39, 0.29) is 6.04 Å². The van der Waals surface area contributed by atoms with Gasteiger partial charge < -0.3 is 10.8 Å². The van der Waals surface area contributed by atoms with E-state index >= 15 is 0 Å². The second kappa shape index (κ2) is 4.24. The normalized spacial score (nSPS) is 23.6. The summed E-state index contributed by atoms with van der Waals surface area (Å²) in [5.74, 6) is 3.17. The number of hydrogen-bond acceptors (Lipinski definition) is 3. The molecule has 2 rings (SSSR count). The van der Waals surface area contributed by atoms with E-state index in [0.29, 0.717) is 11.7 Å². The van der Waals surface area contributed by atoms with Crippen LogP contribution < -0.4 is 5.73 Å². The molecule has 0 aliphatic carbocycles. The molecule has 3 N–H and O–H groups in total. The van der Waals surface area contributed by atoms with Crippen LogP contribution in [0, 0.1) is 5.92 Å². The van der Waals surface area contributed by atoms with E-state index in [1.807, 2.05) is 30.0 Å².